The van der Waals surface area contributed by atoms with E-state index in [1.807, 2.05) is 0 Å². The van der Waals surface area contributed by atoms with Crippen molar-refractivity contribution in [2.24, 2.45) is 0 Å². The summed E-state index contributed by atoms with van der Waals surface area (Å²) < 4.78 is 2.09. The van der Waals surface area contributed by atoms with E-state index in [1.165, 1.54) is 22.5 Å². The molecule has 0 radical (unpaired) electrons. The Morgan fingerprint density at radius 3 is 2.35 bits per heavy atom. The fourth-order valence-electron chi connectivity index (χ4n) is 3.58. The van der Waals surface area contributed by atoms with Crippen molar-refractivity contribution < 1.29 is 4.58 Å². The molecule has 118 valence electrons. The van der Waals surface area contributed by atoms with Crippen molar-refractivity contribution in [1.29, 1.82) is 0 Å². The van der Waals surface area contributed by atoms with Gasteiger partial charge in [-0.25, -0.2) is 4.58 Å². The zero-order chi connectivity index (χ0) is 16.4. The number of hydrogen-bond acceptors (Lipinski definition) is 1. The molecule has 23 heavy (non-hydrogen) atoms. The number of para-hydroxylation sites is 1. The maximum absolute atomic E-state index is 2.36. The Bertz CT molecular complexity index is 754. The first kappa shape index (κ1) is 15.5. The second-order valence-electron chi connectivity index (χ2n) is 6.74. The van der Waals surface area contributed by atoms with Crippen LogP contribution in [-0.2, 0) is 11.8 Å². The van der Waals surface area contributed by atoms with E-state index >= 15 is 0 Å². The summed E-state index contributed by atoms with van der Waals surface area (Å²) in [4.78, 5) is 2.33. The Labute approximate surface area is 139 Å². The lowest BCUT2D eigenvalue weighted by atomic mass is 9.76. The smallest absolute Gasteiger partial charge is 0.164 e. The van der Waals surface area contributed by atoms with Crippen molar-refractivity contribution in [2.75, 3.05) is 26.0 Å². The molecule has 0 amide bonds. The largest absolute Gasteiger partial charge is 0.347 e. The summed E-state index contributed by atoms with van der Waals surface area (Å²) >= 11 is 0. The number of hydrogen-bond donors (Lipinski definition) is 0. The minimum Gasteiger partial charge on any atom is -0.347 e. The molecule has 2 aromatic carbocycles. The molecule has 1 unspecified atom stereocenters. The maximum atomic E-state index is 2.36. The van der Waals surface area contributed by atoms with Gasteiger partial charge < -0.3 is 4.90 Å². The number of fused-ring (bicyclic) bond motifs is 1. The molecule has 2 heteroatoms. The van der Waals surface area contributed by atoms with E-state index in [4.69, 9.17) is 0 Å². The average Bonchev–Trinajstić information content (AvgIpc) is 2.75. The molecular weight excluding hydrogens is 280 g/mol. The quantitative estimate of drug-likeness (QED) is 0.616. The van der Waals surface area contributed by atoms with Crippen LogP contribution in [0.1, 0.15) is 18.1 Å². The Kier molecular flexibility index (Phi) is 4.08. The molecule has 0 saturated heterocycles. The van der Waals surface area contributed by atoms with Crippen molar-refractivity contribution in [1.82, 2.24) is 0 Å². The van der Waals surface area contributed by atoms with Crippen LogP contribution in [0.4, 0.5) is 5.69 Å². The van der Waals surface area contributed by atoms with Gasteiger partial charge in [0.15, 0.2) is 6.21 Å². The lowest BCUT2D eigenvalue weighted by Crippen LogP contribution is -2.29. The van der Waals surface area contributed by atoms with Crippen LogP contribution in [0.3, 0.4) is 0 Å². The monoisotopic (exact) mass is 305 g/mol. The number of rotatable bonds is 3. The maximum Gasteiger partial charge on any atom is 0.164 e. The molecule has 2 nitrogen and oxygen atoms in total. The molecule has 0 aliphatic carbocycles. The van der Waals surface area contributed by atoms with Gasteiger partial charge in [-0.1, -0.05) is 48.5 Å². The molecule has 3 rings (SSSR count). The number of benzene rings is 2. The second-order valence-corrected chi connectivity index (χ2v) is 6.74. The molecule has 0 aromatic heterocycles. The van der Waals surface area contributed by atoms with Crippen LogP contribution in [0.2, 0.25) is 0 Å². The number of allylic oxidation sites excluding steroid dienone is 2. The standard InChI is InChI=1S/C21H25N2/c1-21(16-17-10-6-5-7-11-17)18-12-8-9-13-19(18)23(4)20(21)14-15-22(2)3/h5-15H,16H2,1-4H3/q+1. The molecule has 1 atom stereocenters. The normalized spacial score (nSPS) is 21.4. The van der Waals surface area contributed by atoms with Crippen LogP contribution >= 0.6 is 0 Å². The van der Waals surface area contributed by atoms with Gasteiger partial charge in [0.1, 0.15) is 14.1 Å². The third-order valence-corrected chi connectivity index (χ3v) is 4.72. The van der Waals surface area contributed by atoms with Crippen molar-refractivity contribution >= 4 is 11.9 Å². The van der Waals surface area contributed by atoms with Gasteiger partial charge in [0.25, 0.3) is 0 Å². The minimum atomic E-state index is -0.0147. The molecule has 2 aromatic rings. The number of nitrogens with zero attached hydrogens (tertiary/aromatic N) is 2. The van der Waals surface area contributed by atoms with Crippen LogP contribution in [0, 0.1) is 0 Å². The zero-order valence-corrected chi connectivity index (χ0v) is 14.5. The predicted octanol–water partition coefficient (Wildman–Crippen LogP) is 3.86. The van der Waals surface area contributed by atoms with Crippen molar-refractivity contribution in [3.8, 4) is 0 Å². The molecule has 0 spiro atoms. The average molecular weight is 305 g/mol. The van der Waals surface area contributed by atoms with E-state index in [0.717, 1.165) is 6.42 Å². The summed E-state index contributed by atoms with van der Waals surface area (Å²) in [6.45, 7) is 2.36. The summed E-state index contributed by atoms with van der Waals surface area (Å²) in [6.07, 6.45) is 5.40. The summed E-state index contributed by atoms with van der Waals surface area (Å²) in [5.74, 6) is 0. The highest BCUT2D eigenvalue weighted by Crippen LogP contribution is 2.48. The summed E-state index contributed by atoms with van der Waals surface area (Å²) in [5.41, 5.74) is 5.42. The third-order valence-electron chi connectivity index (χ3n) is 4.72. The first-order chi connectivity index (χ1) is 11.0. The molecular formula is C21H25N2+. The molecule has 1 aliphatic heterocycles. The highest BCUT2D eigenvalue weighted by molar-refractivity contribution is 5.77. The molecule has 0 N–H and O–H groups in total. The van der Waals surface area contributed by atoms with Gasteiger partial charge in [-0.15, -0.1) is 0 Å². The molecule has 0 fully saturated rings. The van der Waals surface area contributed by atoms with E-state index in [0.29, 0.717) is 0 Å². The number of anilines is 1. The summed E-state index contributed by atoms with van der Waals surface area (Å²) in [6, 6.07) is 19.5. The molecule has 1 aliphatic rings. The Morgan fingerprint density at radius 1 is 1.00 bits per heavy atom. The first-order valence-corrected chi connectivity index (χ1v) is 8.11. The summed E-state index contributed by atoms with van der Waals surface area (Å²) in [7, 11) is 6.30. The molecule has 1 heterocycles. The topological polar surface area (TPSA) is 6.25 Å². The lowest BCUT2D eigenvalue weighted by Gasteiger charge is -2.28. The predicted molar refractivity (Wildman–Crippen MR) is 98.6 cm³/mol. The van der Waals surface area contributed by atoms with Gasteiger partial charge in [0.05, 0.1) is 0 Å². The Hall–Kier alpha value is -2.35. The molecule has 0 saturated carbocycles. The first-order valence-electron chi connectivity index (χ1n) is 8.11. The van der Waals surface area contributed by atoms with E-state index in [2.05, 4.69) is 104 Å². The van der Waals surface area contributed by atoms with Gasteiger partial charge in [-0.3, -0.25) is 0 Å². The SMILES string of the molecule is CN1C(=CC=[N+](C)C)C(C)(Cc2ccccc2)c2ccccc21. The summed E-state index contributed by atoms with van der Waals surface area (Å²) in [5, 5.41) is 0. The second kappa shape index (κ2) is 6.04. The van der Waals surface area contributed by atoms with Gasteiger partial charge >= 0.3 is 0 Å². The Balaban J connectivity index is 2.12. The van der Waals surface area contributed by atoms with Crippen LogP contribution < -0.4 is 4.90 Å². The van der Waals surface area contributed by atoms with Gasteiger partial charge in [-0.05, 0) is 30.5 Å². The van der Waals surface area contributed by atoms with Gasteiger partial charge in [-0.2, -0.15) is 0 Å². The Morgan fingerprint density at radius 2 is 1.65 bits per heavy atom. The molecule has 0 bridgehead atoms. The fourth-order valence-corrected chi connectivity index (χ4v) is 3.58. The zero-order valence-electron chi connectivity index (χ0n) is 14.5. The van der Waals surface area contributed by atoms with Crippen molar-refractivity contribution in [3.05, 3.63) is 77.5 Å². The third kappa shape index (κ3) is 2.81. The van der Waals surface area contributed by atoms with Crippen molar-refractivity contribution in [3.63, 3.8) is 0 Å². The fraction of sp³-hybridized carbons (Fsp3) is 0.286. The van der Waals surface area contributed by atoms with E-state index in [1.54, 1.807) is 0 Å². The van der Waals surface area contributed by atoms with Crippen LogP contribution in [0.25, 0.3) is 0 Å². The highest BCUT2D eigenvalue weighted by Gasteiger charge is 2.42. The highest BCUT2D eigenvalue weighted by atomic mass is 15.2. The van der Waals surface area contributed by atoms with Gasteiger partial charge in [0, 0.05) is 29.9 Å². The van der Waals surface area contributed by atoms with E-state index in [-0.39, 0.29) is 5.41 Å². The van der Waals surface area contributed by atoms with Crippen LogP contribution in [0.5, 0.6) is 0 Å². The van der Waals surface area contributed by atoms with E-state index in [9.17, 15) is 0 Å². The lowest BCUT2D eigenvalue weighted by molar-refractivity contribution is -0.458. The number of likely N-dealkylation sites (N-methyl/N-ethyl adjacent to an activating group) is 1. The van der Waals surface area contributed by atoms with Gasteiger partial charge in [0.2, 0.25) is 0 Å². The van der Waals surface area contributed by atoms with Crippen LogP contribution in [0.15, 0.2) is 66.4 Å². The van der Waals surface area contributed by atoms with Crippen molar-refractivity contribution in [2.45, 2.75) is 18.8 Å². The van der Waals surface area contributed by atoms with E-state index < -0.39 is 0 Å². The van der Waals surface area contributed by atoms with Crippen LogP contribution in [-0.4, -0.2) is 31.9 Å². The minimum absolute atomic E-state index is 0.0147.